The fourth-order valence-electron chi connectivity index (χ4n) is 1.18. The van der Waals surface area contributed by atoms with Crippen LogP contribution in [0.15, 0.2) is 12.1 Å². The molecular weight excluding hydrogens is 200 g/mol. The normalized spacial score (nSPS) is 9.33. The highest BCUT2D eigenvalue weighted by molar-refractivity contribution is 5.99. The number of carbonyl (C=O) groups excluding carboxylic acids is 1. The van der Waals surface area contributed by atoms with Crippen molar-refractivity contribution in [1.29, 1.82) is 5.26 Å². The number of Topliss-reactive ketones (excluding diaryl/α,β-unsaturated/α-hetero) is 1. The van der Waals surface area contributed by atoms with E-state index in [2.05, 4.69) is 0 Å². The maximum absolute atomic E-state index is 11.0. The molecule has 15 heavy (non-hydrogen) atoms. The van der Waals surface area contributed by atoms with E-state index in [0.717, 1.165) is 12.1 Å². The lowest BCUT2D eigenvalue weighted by Crippen LogP contribution is -1.99. The molecule has 76 valence electrons. The Kier molecular flexibility index (Phi) is 2.67. The minimum Gasteiger partial charge on any atom is -0.507 e. The molecule has 0 saturated heterocycles. The lowest BCUT2D eigenvalue weighted by atomic mass is 10.0. The summed E-state index contributed by atoms with van der Waals surface area (Å²) in [6, 6.07) is 3.43. The van der Waals surface area contributed by atoms with Crippen LogP contribution in [0.4, 0.5) is 5.69 Å². The van der Waals surface area contributed by atoms with E-state index < -0.39 is 22.1 Å². The molecule has 0 atom stereocenters. The van der Waals surface area contributed by atoms with E-state index in [1.54, 1.807) is 6.07 Å². The van der Waals surface area contributed by atoms with Crippen LogP contribution >= 0.6 is 0 Å². The van der Waals surface area contributed by atoms with Gasteiger partial charge in [-0.3, -0.25) is 14.9 Å². The quantitative estimate of drug-likeness (QED) is 0.447. The molecular formula is C9H6N2O4. The lowest BCUT2D eigenvalue weighted by Gasteiger charge is -2.02. The first kappa shape index (κ1) is 10.7. The molecule has 0 aliphatic heterocycles. The number of non-ortho nitro benzene ring substituents is 1. The van der Waals surface area contributed by atoms with Gasteiger partial charge in [0.05, 0.1) is 22.1 Å². The third-order valence-corrected chi connectivity index (χ3v) is 1.79. The van der Waals surface area contributed by atoms with Crippen LogP contribution in [0.5, 0.6) is 5.75 Å². The van der Waals surface area contributed by atoms with Crippen molar-refractivity contribution >= 4 is 11.5 Å². The van der Waals surface area contributed by atoms with Gasteiger partial charge < -0.3 is 5.11 Å². The minimum absolute atomic E-state index is 0.192. The Bertz CT molecular complexity index is 488. The van der Waals surface area contributed by atoms with Crippen LogP contribution in [-0.2, 0) is 0 Å². The number of hydrogen-bond donors (Lipinski definition) is 1. The summed E-state index contributed by atoms with van der Waals surface area (Å²) in [6.07, 6.45) is 0. The van der Waals surface area contributed by atoms with Gasteiger partial charge in [-0.25, -0.2) is 0 Å². The zero-order chi connectivity index (χ0) is 11.6. The molecule has 0 amide bonds. The van der Waals surface area contributed by atoms with Gasteiger partial charge in [0.1, 0.15) is 11.8 Å². The first-order valence-corrected chi connectivity index (χ1v) is 3.89. The van der Waals surface area contributed by atoms with E-state index in [1.165, 1.54) is 6.92 Å². The molecule has 0 aromatic heterocycles. The van der Waals surface area contributed by atoms with Crippen LogP contribution in [0.1, 0.15) is 22.8 Å². The molecule has 1 aromatic rings. The molecule has 0 bridgehead atoms. The van der Waals surface area contributed by atoms with Crippen LogP contribution in [0.25, 0.3) is 0 Å². The van der Waals surface area contributed by atoms with Crippen molar-refractivity contribution in [2.75, 3.05) is 0 Å². The second-order valence-electron chi connectivity index (χ2n) is 2.81. The highest BCUT2D eigenvalue weighted by Gasteiger charge is 2.18. The van der Waals surface area contributed by atoms with Gasteiger partial charge in [0, 0.05) is 6.07 Å². The monoisotopic (exact) mass is 206 g/mol. The van der Waals surface area contributed by atoms with Gasteiger partial charge in [-0.1, -0.05) is 0 Å². The van der Waals surface area contributed by atoms with Crippen LogP contribution in [-0.4, -0.2) is 15.8 Å². The van der Waals surface area contributed by atoms with E-state index in [-0.39, 0.29) is 11.1 Å². The average molecular weight is 206 g/mol. The fourth-order valence-corrected chi connectivity index (χ4v) is 1.18. The number of carbonyl (C=O) groups is 1. The standard InChI is InChI=1S/C9H6N2O4/c1-5(12)9-6(4-10)2-7(11(14)15)3-8(9)13/h2-3,13H,1H3. The zero-order valence-electron chi connectivity index (χ0n) is 7.72. The van der Waals surface area contributed by atoms with Gasteiger partial charge in [-0.2, -0.15) is 5.26 Å². The predicted molar refractivity (Wildman–Crippen MR) is 49.5 cm³/mol. The Morgan fingerprint density at radius 3 is 2.60 bits per heavy atom. The smallest absolute Gasteiger partial charge is 0.274 e. The third-order valence-electron chi connectivity index (χ3n) is 1.79. The second kappa shape index (κ2) is 3.75. The van der Waals surface area contributed by atoms with Crippen LogP contribution in [0.3, 0.4) is 0 Å². The molecule has 1 N–H and O–H groups in total. The largest absolute Gasteiger partial charge is 0.507 e. The highest BCUT2D eigenvalue weighted by atomic mass is 16.6. The van der Waals surface area contributed by atoms with Crippen molar-refractivity contribution in [1.82, 2.24) is 0 Å². The van der Waals surface area contributed by atoms with Crippen molar-refractivity contribution in [3.63, 3.8) is 0 Å². The van der Waals surface area contributed by atoms with E-state index >= 15 is 0 Å². The molecule has 0 aliphatic carbocycles. The number of nitro groups is 1. The topological polar surface area (TPSA) is 104 Å². The van der Waals surface area contributed by atoms with Crippen molar-refractivity contribution in [3.05, 3.63) is 33.4 Å². The maximum atomic E-state index is 11.0. The summed E-state index contributed by atoms with van der Waals surface area (Å²) in [7, 11) is 0. The average Bonchev–Trinajstić information content (AvgIpc) is 2.15. The fraction of sp³-hybridized carbons (Fsp3) is 0.111. The van der Waals surface area contributed by atoms with Gasteiger partial charge in [0.25, 0.3) is 5.69 Å². The minimum atomic E-state index is -0.746. The van der Waals surface area contributed by atoms with Gasteiger partial charge in [-0.05, 0) is 6.92 Å². The van der Waals surface area contributed by atoms with E-state index in [1.807, 2.05) is 0 Å². The summed E-state index contributed by atoms with van der Waals surface area (Å²) >= 11 is 0. The Morgan fingerprint density at radius 1 is 1.60 bits per heavy atom. The molecule has 0 radical (unpaired) electrons. The molecule has 1 aromatic carbocycles. The van der Waals surface area contributed by atoms with Gasteiger partial charge >= 0.3 is 0 Å². The highest BCUT2D eigenvalue weighted by Crippen LogP contribution is 2.27. The first-order chi connectivity index (χ1) is 6.97. The van der Waals surface area contributed by atoms with E-state index in [0.29, 0.717) is 0 Å². The second-order valence-corrected chi connectivity index (χ2v) is 2.81. The number of hydrogen-bond acceptors (Lipinski definition) is 5. The summed E-state index contributed by atoms with van der Waals surface area (Å²) in [5.74, 6) is -1.06. The molecule has 0 heterocycles. The Labute approximate surface area is 84.5 Å². The zero-order valence-corrected chi connectivity index (χ0v) is 7.72. The Balaban J connectivity index is 3.53. The maximum Gasteiger partial charge on any atom is 0.274 e. The molecule has 0 aliphatic rings. The van der Waals surface area contributed by atoms with Crippen LogP contribution in [0.2, 0.25) is 0 Å². The van der Waals surface area contributed by atoms with Crippen molar-refractivity contribution in [2.45, 2.75) is 6.92 Å². The predicted octanol–water partition coefficient (Wildman–Crippen LogP) is 1.37. The summed E-state index contributed by atoms with van der Waals surface area (Å²) in [4.78, 5) is 20.7. The van der Waals surface area contributed by atoms with Gasteiger partial charge in [0.2, 0.25) is 0 Å². The number of benzene rings is 1. The third kappa shape index (κ3) is 1.91. The van der Waals surface area contributed by atoms with E-state index in [4.69, 9.17) is 5.26 Å². The number of aromatic hydroxyl groups is 1. The number of nitro benzene ring substituents is 1. The number of ketones is 1. The molecule has 0 saturated carbocycles. The molecule has 0 spiro atoms. The summed E-state index contributed by atoms with van der Waals surface area (Å²) in [6.45, 7) is 1.17. The van der Waals surface area contributed by atoms with Gasteiger partial charge in [-0.15, -0.1) is 0 Å². The van der Waals surface area contributed by atoms with E-state index in [9.17, 15) is 20.0 Å². The van der Waals surface area contributed by atoms with Crippen molar-refractivity contribution in [3.8, 4) is 11.8 Å². The molecule has 6 heteroatoms. The molecule has 0 fully saturated rings. The number of nitrogens with zero attached hydrogens (tertiary/aromatic N) is 2. The van der Waals surface area contributed by atoms with Crippen LogP contribution in [0, 0.1) is 21.4 Å². The van der Waals surface area contributed by atoms with Crippen molar-refractivity contribution in [2.24, 2.45) is 0 Å². The number of phenols is 1. The lowest BCUT2D eigenvalue weighted by molar-refractivity contribution is -0.385. The summed E-state index contributed by atoms with van der Waals surface area (Å²) < 4.78 is 0. The summed E-state index contributed by atoms with van der Waals surface area (Å²) in [5.41, 5.74) is -0.814. The molecule has 1 rings (SSSR count). The molecule has 0 unspecified atom stereocenters. The Morgan fingerprint density at radius 2 is 2.20 bits per heavy atom. The number of phenolic OH excluding ortho intramolecular Hbond substituents is 1. The summed E-state index contributed by atoms with van der Waals surface area (Å²) in [5, 5.41) is 28.4. The van der Waals surface area contributed by atoms with Gasteiger partial charge in [0.15, 0.2) is 5.78 Å². The number of nitriles is 1. The first-order valence-electron chi connectivity index (χ1n) is 3.89. The van der Waals surface area contributed by atoms with Crippen LogP contribution < -0.4 is 0 Å². The number of rotatable bonds is 2. The van der Waals surface area contributed by atoms with Crippen molar-refractivity contribution < 1.29 is 14.8 Å². The SMILES string of the molecule is CC(=O)c1c(O)cc([N+](=O)[O-])cc1C#N. The molecule has 6 nitrogen and oxygen atoms in total. The Hall–Kier alpha value is -2.42.